The van der Waals surface area contributed by atoms with Crippen LogP contribution in [0.4, 0.5) is 0 Å². The van der Waals surface area contributed by atoms with Crippen LogP contribution in [-0.4, -0.2) is 19.2 Å². The lowest BCUT2D eigenvalue weighted by Crippen LogP contribution is -2.53. The molecule has 0 aromatic heterocycles. The standard InChI is InChI=1S/C19H31NO/c1-2-5-20-19(15-4-3-6-21-12-15)18-16-8-13-7-14(10-16)11-17(18)9-13/h12-14,16-20H,2-11H2,1H3. The van der Waals surface area contributed by atoms with Crippen molar-refractivity contribution in [1.29, 1.82) is 0 Å². The Hall–Kier alpha value is -0.500. The molecule has 4 aliphatic carbocycles. The van der Waals surface area contributed by atoms with Crippen molar-refractivity contribution < 1.29 is 4.74 Å². The fourth-order valence-electron chi connectivity index (χ4n) is 6.14. The molecule has 2 nitrogen and oxygen atoms in total. The van der Waals surface area contributed by atoms with Crippen molar-refractivity contribution in [2.24, 2.45) is 29.6 Å². The maximum Gasteiger partial charge on any atom is 0.0876 e. The highest BCUT2D eigenvalue weighted by Gasteiger charge is 2.50. The highest BCUT2D eigenvalue weighted by Crippen LogP contribution is 2.58. The van der Waals surface area contributed by atoms with Gasteiger partial charge in [0.05, 0.1) is 12.9 Å². The smallest absolute Gasteiger partial charge is 0.0876 e. The largest absolute Gasteiger partial charge is 0.501 e. The zero-order valence-electron chi connectivity index (χ0n) is 13.5. The Balaban J connectivity index is 1.56. The Bertz CT molecular complexity index is 374. The second-order valence-electron chi connectivity index (χ2n) is 8.11. The zero-order chi connectivity index (χ0) is 14.2. The van der Waals surface area contributed by atoms with Crippen molar-refractivity contribution in [1.82, 2.24) is 5.32 Å². The van der Waals surface area contributed by atoms with Crippen LogP contribution in [0, 0.1) is 29.6 Å². The summed E-state index contributed by atoms with van der Waals surface area (Å²) in [6.45, 7) is 4.36. The molecule has 4 bridgehead atoms. The van der Waals surface area contributed by atoms with E-state index in [-0.39, 0.29) is 0 Å². The van der Waals surface area contributed by atoms with Crippen LogP contribution in [0.3, 0.4) is 0 Å². The van der Waals surface area contributed by atoms with Gasteiger partial charge in [-0.2, -0.15) is 0 Å². The third kappa shape index (κ3) is 2.65. The molecule has 0 aromatic rings. The van der Waals surface area contributed by atoms with Gasteiger partial charge in [-0.05, 0) is 93.1 Å². The SMILES string of the molecule is CCCNC(C1=COCCC1)C1C2CC3CC(C2)CC1C3. The van der Waals surface area contributed by atoms with E-state index < -0.39 is 0 Å². The first kappa shape index (κ1) is 14.1. The molecule has 118 valence electrons. The first-order chi connectivity index (χ1) is 10.3. The van der Waals surface area contributed by atoms with Gasteiger partial charge >= 0.3 is 0 Å². The van der Waals surface area contributed by atoms with Gasteiger partial charge in [0, 0.05) is 6.04 Å². The molecule has 2 heteroatoms. The third-order valence-electron chi connectivity index (χ3n) is 6.66. The molecule has 0 radical (unpaired) electrons. The summed E-state index contributed by atoms with van der Waals surface area (Å²) < 4.78 is 5.68. The summed E-state index contributed by atoms with van der Waals surface area (Å²) in [6.07, 6.45) is 13.5. The summed E-state index contributed by atoms with van der Waals surface area (Å²) in [7, 11) is 0. The van der Waals surface area contributed by atoms with E-state index in [4.69, 9.17) is 4.74 Å². The van der Waals surface area contributed by atoms with Gasteiger partial charge in [-0.15, -0.1) is 0 Å². The number of hydrogen-bond donors (Lipinski definition) is 1. The van der Waals surface area contributed by atoms with Gasteiger partial charge in [0.1, 0.15) is 0 Å². The lowest BCUT2D eigenvalue weighted by Gasteiger charge is -2.57. The van der Waals surface area contributed by atoms with Gasteiger partial charge in [0.15, 0.2) is 0 Å². The minimum atomic E-state index is 0.611. The molecule has 1 N–H and O–H groups in total. The van der Waals surface area contributed by atoms with E-state index in [1.54, 1.807) is 12.0 Å². The van der Waals surface area contributed by atoms with Crippen LogP contribution < -0.4 is 5.32 Å². The summed E-state index contributed by atoms with van der Waals surface area (Å²) in [5.41, 5.74) is 1.58. The number of nitrogens with one attached hydrogen (secondary N) is 1. The monoisotopic (exact) mass is 289 g/mol. The predicted molar refractivity (Wildman–Crippen MR) is 85.9 cm³/mol. The molecule has 21 heavy (non-hydrogen) atoms. The van der Waals surface area contributed by atoms with Gasteiger partial charge in [0.25, 0.3) is 0 Å². The molecule has 0 amide bonds. The molecular formula is C19H31NO. The molecule has 1 unspecified atom stereocenters. The van der Waals surface area contributed by atoms with Crippen molar-refractivity contribution >= 4 is 0 Å². The average Bonchev–Trinajstić information content (AvgIpc) is 2.50. The van der Waals surface area contributed by atoms with Crippen LogP contribution in [0.1, 0.15) is 58.3 Å². The lowest BCUT2D eigenvalue weighted by atomic mass is 9.50. The molecule has 1 atom stereocenters. The van der Waals surface area contributed by atoms with Crippen LogP contribution in [0.2, 0.25) is 0 Å². The van der Waals surface area contributed by atoms with Gasteiger partial charge in [0.2, 0.25) is 0 Å². The number of rotatable bonds is 5. The Labute approximate surface area is 129 Å². The van der Waals surface area contributed by atoms with Crippen LogP contribution in [-0.2, 0) is 4.74 Å². The lowest BCUT2D eigenvalue weighted by molar-refractivity contribution is -0.0479. The molecule has 0 saturated heterocycles. The number of ether oxygens (including phenoxy) is 1. The van der Waals surface area contributed by atoms with Crippen molar-refractivity contribution in [3.8, 4) is 0 Å². The topological polar surface area (TPSA) is 21.3 Å². The van der Waals surface area contributed by atoms with Gasteiger partial charge < -0.3 is 10.1 Å². The van der Waals surface area contributed by atoms with E-state index in [9.17, 15) is 0 Å². The van der Waals surface area contributed by atoms with Gasteiger partial charge in [-0.3, -0.25) is 0 Å². The summed E-state index contributed by atoms with van der Waals surface area (Å²) in [4.78, 5) is 0. The molecule has 1 aliphatic heterocycles. The Kier molecular flexibility index (Phi) is 4.00. The van der Waals surface area contributed by atoms with E-state index in [1.165, 1.54) is 44.9 Å². The molecule has 4 fully saturated rings. The normalized spacial score (nSPS) is 42.5. The fourth-order valence-corrected chi connectivity index (χ4v) is 6.14. The van der Waals surface area contributed by atoms with Crippen molar-refractivity contribution in [2.45, 2.75) is 64.3 Å². The van der Waals surface area contributed by atoms with E-state index in [2.05, 4.69) is 18.5 Å². The highest BCUT2D eigenvalue weighted by molar-refractivity contribution is 5.16. The van der Waals surface area contributed by atoms with E-state index in [1.807, 2.05) is 0 Å². The Morgan fingerprint density at radius 1 is 1.14 bits per heavy atom. The zero-order valence-corrected chi connectivity index (χ0v) is 13.5. The molecule has 0 spiro atoms. The summed E-state index contributed by atoms with van der Waals surface area (Å²) >= 11 is 0. The fraction of sp³-hybridized carbons (Fsp3) is 0.895. The van der Waals surface area contributed by atoms with Crippen LogP contribution in [0.25, 0.3) is 0 Å². The summed E-state index contributed by atoms with van der Waals surface area (Å²) in [5, 5.41) is 3.92. The van der Waals surface area contributed by atoms with Crippen LogP contribution in [0.15, 0.2) is 11.8 Å². The predicted octanol–water partition coefficient (Wildman–Crippen LogP) is 4.12. The number of hydrogen-bond acceptors (Lipinski definition) is 2. The van der Waals surface area contributed by atoms with E-state index in [0.717, 1.165) is 42.7 Å². The van der Waals surface area contributed by atoms with Crippen LogP contribution in [0.5, 0.6) is 0 Å². The van der Waals surface area contributed by atoms with Crippen molar-refractivity contribution in [3.63, 3.8) is 0 Å². The van der Waals surface area contributed by atoms with Crippen molar-refractivity contribution in [2.75, 3.05) is 13.2 Å². The van der Waals surface area contributed by atoms with Gasteiger partial charge in [-0.25, -0.2) is 0 Å². The van der Waals surface area contributed by atoms with Crippen molar-refractivity contribution in [3.05, 3.63) is 11.8 Å². The second kappa shape index (κ2) is 5.95. The minimum absolute atomic E-state index is 0.611. The molecule has 0 aromatic carbocycles. The summed E-state index contributed by atoms with van der Waals surface area (Å²) in [6, 6.07) is 0.611. The summed E-state index contributed by atoms with van der Waals surface area (Å²) in [5.74, 6) is 5.05. The first-order valence-electron chi connectivity index (χ1n) is 9.39. The molecular weight excluding hydrogens is 258 g/mol. The Morgan fingerprint density at radius 2 is 1.86 bits per heavy atom. The van der Waals surface area contributed by atoms with Gasteiger partial charge in [-0.1, -0.05) is 6.92 Å². The molecule has 5 rings (SSSR count). The molecule has 4 saturated carbocycles. The first-order valence-corrected chi connectivity index (χ1v) is 9.39. The minimum Gasteiger partial charge on any atom is -0.501 e. The maximum absolute atomic E-state index is 5.68. The molecule has 5 aliphatic rings. The average molecular weight is 289 g/mol. The van der Waals surface area contributed by atoms with Crippen LogP contribution >= 0.6 is 0 Å². The quantitative estimate of drug-likeness (QED) is 0.822. The second-order valence-corrected chi connectivity index (χ2v) is 8.11. The van der Waals surface area contributed by atoms with E-state index in [0.29, 0.717) is 6.04 Å². The highest BCUT2D eigenvalue weighted by atomic mass is 16.5. The van der Waals surface area contributed by atoms with E-state index >= 15 is 0 Å². The maximum atomic E-state index is 5.68. The third-order valence-corrected chi connectivity index (χ3v) is 6.66. The molecule has 1 heterocycles. The Morgan fingerprint density at radius 3 is 2.43 bits per heavy atom.